The highest BCUT2D eigenvalue weighted by Crippen LogP contribution is 2.29. The summed E-state index contributed by atoms with van der Waals surface area (Å²) in [5.41, 5.74) is 2.14. The Morgan fingerprint density at radius 3 is 2.65 bits per heavy atom. The number of benzene rings is 1. The van der Waals surface area contributed by atoms with Crippen molar-refractivity contribution < 1.29 is 9.18 Å². The van der Waals surface area contributed by atoms with Crippen molar-refractivity contribution in [2.45, 2.75) is 6.54 Å². The van der Waals surface area contributed by atoms with Gasteiger partial charge in [-0.3, -0.25) is 14.5 Å². The van der Waals surface area contributed by atoms with Crippen LogP contribution < -0.4 is 15.8 Å². The molecule has 0 bridgehead atoms. The maximum absolute atomic E-state index is 13.9. The van der Waals surface area contributed by atoms with E-state index in [0.29, 0.717) is 22.6 Å². The lowest BCUT2D eigenvalue weighted by atomic mass is 10.1. The maximum atomic E-state index is 13.9. The van der Waals surface area contributed by atoms with Crippen molar-refractivity contribution in [1.29, 1.82) is 0 Å². The summed E-state index contributed by atoms with van der Waals surface area (Å²) in [4.78, 5) is 35.4. The van der Waals surface area contributed by atoms with E-state index in [1.165, 1.54) is 4.52 Å². The molecule has 5 rings (SSSR count). The zero-order valence-electron chi connectivity index (χ0n) is 18.1. The number of carbonyl (C=O) groups is 1. The first-order valence-corrected chi connectivity index (χ1v) is 11.4. The van der Waals surface area contributed by atoms with Crippen LogP contribution in [0.1, 0.15) is 16.1 Å². The number of anilines is 1. The number of halogens is 3. The van der Waals surface area contributed by atoms with Crippen LogP contribution in [-0.2, 0) is 6.54 Å². The van der Waals surface area contributed by atoms with E-state index in [1.54, 1.807) is 19.2 Å². The Morgan fingerprint density at radius 1 is 1.18 bits per heavy atom. The summed E-state index contributed by atoms with van der Waals surface area (Å²) in [5.74, 6) is -0.968. The summed E-state index contributed by atoms with van der Waals surface area (Å²) < 4.78 is 15.2. The molecule has 0 aliphatic carbocycles. The first-order valence-electron chi connectivity index (χ1n) is 10.6. The number of pyridine rings is 1. The van der Waals surface area contributed by atoms with Crippen LogP contribution in [0.25, 0.3) is 16.6 Å². The highest BCUT2D eigenvalue weighted by Gasteiger charge is 2.22. The van der Waals surface area contributed by atoms with Crippen molar-refractivity contribution in [2.75, 3.05) is 38.1 Å². The topological polar surface area (TPSA) is 98.6 Å². The molecule has 0 atom stereocenters. The number of hydrogen-bond donors (Lipinski definition) is 2. The maximum Gasteiger partial charge on any atom is 0.277 e. The quantitative estimate of drug-likeness (QED) is 0.415. The average molecular weight is 504 g/mol. The Hall–Kier alpha value is -3.21. The number of hydrogen-bond acceptors (Lipinski definition) is 6. The Balaban J connectivity index is 1.32. The molecule has 4 heterocycles. The molecule has 1 aliphatic rings. The smallest absolute Gasteiger partial charge is 0.277 e. The Bertz CT molecular complexity index is 1480. The molecule has 2 N–H and O–H groups in total. The van der Waals surface area contributed by atoms with E-state index in [-0.39, 0.29) is 22.3 Å². The van der Waals surface area contributed by atoms with Gasteiger partial charge in [-0.05, 0) is 23.8 Å². The number of amides is 1. The Morgan fingerprint density at radius 2 is 1.94 bits per heavy atom. The number of rotatable bonds is 4. The van der Waals surface area contributed by atoms with Gasteiger partial charge in [-0.2, -0.15) is 5.10 Å². The number of piperazine rings is 1. The summed E-state index contributed by atoms with van der Waals surface area (Å²) in [5, 5.41) is 7.20. The van der Waals surface area contributed by atoms with Crippen molar-refractivity contribution >= 4 is 51.3 Å². The minimum atomic E-state index is -0.681. The zero-order chi connectivity index (χ0) is 24.0. The van der Waals surface area contributed by atoms with Crippen LogP contribution in [0, 0.1) is 5.82 Å². The summed E-state index contributed by atoms with van der Waals surface area (Å²) in [6.07, 6.45) is 1.01. The summed E-state index contributed by atoms with van der Waals surface area (Å²) >= 11 is 13.0. The Labute approximate surface area is 203 Å². The predicted molar refractivity (Wildman–Crippen MR) is 128 cm³/mol. The lowest BCUT2D eigenvalue weighted by Crippen LogP contribution is -2.46. The third-order valence-electron chi connectivity index (χ3n) is 6.00. The number of fused-ring (bicyclic) bond motifs is 3. The minimum Gasteiger partial charge on any atom is -0.366 e. The van der Waals surface area contributed by atoms with E-state index in [1.807, 2.05) is 12.1 Å². The van der Waals surface area contributed by atoms with Crippen molar-refractivity contribution in [3.05, 3.63) is 68.1 Å². The van der Waals surface area contributed by atoms with Crippen molar-refractivity contribution in [3.63, 3.8) is 0 Å². The second-order valence-electron chi connectivity index (χ2n) is 7.99. The van der Waals surface area contributed by atoms with Gasteiger partial charge in [0.1, 0.15) is 5.69 Å². The lowest BCUT2D eigenvalue weighted by Gasteiger charge is -2.36. The van der Waals surface area contributed by atoms with Crippen LogP contribution in [0.4, 0.5) is 10.1 Å². The molecule has 1 saturated heterocycles. The van der Waals surface area contributed by atoms with Crippen LogP contribution >= 0.6 is 23.2 Å². The minimum absolute atomic E-state index is 0.135. The molecule has 1 amide bonds. The highest BCUT2D eigenvalue weighted by molar-refractivity contribution is 6.35. The van der Waals surface area contributed by atoms with Crippen LogP contribution in [-0.4, -0.2) is 63.6 Å². The summed E-state index contributed by atoms with van der Waals surface area (Å²) in [6, 6.07) is 7.11. The molecule has 1 aromatic carbocycles. The monoisotopic (exact) mass is 503 g/mol. The number of aromatic amines is 1. The van der Waals surface area contributed by atoms with Crippen LogP contribution in [0.2, 0.25) is 10.2 Å². The fourth-order valence-corrected chi connectivity index (χ4v) is 4.76. The van der Waals surface area contributed by atoms with E-state index in [0.717, 1.165) is 43.6 Å². The molecule has 176 valence electrons. The van der Waals surface area contributed by atoms with Gasteiger partial charge < -0.3 is 15.2 Å². The Kier molecular flexibility index (Phi) is 5.88. The molecule has 1 aliphatic heterocycles. The summed E-state index contributed by atoms with van der Waals surface area (Å²) in [7, 11) is 1.54. The van der Waals surface area contributed by atoms with E-state index < -0.39 is 11.4 Å². The number of carbonyl (C=O) groups excluding carboxylic acids is 1. The fraction of sp³-hybridized carbons (Fsp3) is 0.273. The van der Waals surface area contributed by atoms with E-state index in [9.17, 15) is 14.0 Å². The molecule has 0 spiro atoms. The normalized spacial score (nSPS) is 14.8. The first kappa shape index (κ1) is 22.6. The van der Waals surface area contributed by atoms with Crippen LogP contribution in [0.3, 0.4) is 0 Å². The molecule has 9 nitrogen and oxygen atoms in total. The van der Waals surface area contributed by atoms with Gasteiger partial charge in [0.05, 0.1) is 27.9 Å². The van der Waals surface area contributed by atoms with Gasteiger partial charge >= 0.3 is 0 Å². The van der Waals surface area contributed by atoms with E-state index in [4.69, 9.17) is 23.2 Å². The van der Waals surface area contributed by atoms with Gasteiger partial charge in [-0.1, -0.05) is 29.3 Å². The molecule has 0 saturated carbocycles. The van der Waals surface area contributed by atoms with Gasteiger partial charge in [0.15, 0.2) is 16.5 Å². The fourth-order valence-electron chi connectivity index (χ4n) is 4.22. The second-order valence-corrected chi connectivity index (χ2v) is 8.72. The predicted octanol–water partition coefficient (Wildman–Crippen LogP) is 2.70. The van der Waals surface area contributed by atoms with Crippen molar-refractivity contribution in [1.82, 2.24) is 29.8 Å². The number of nitrogens with zero attached hydrogens (tertiary/aromatic N) is 5. The molecule has 0 radical (unpaired) electrons. The SMILES string of the molecule is CNC(=O)c1ccc(N2CCN(Cc3ccc4c([nH]c(=O)c5c(F)cnn54)c3Cl)CC2)c(Cl)n1. The molecule has 34 heavy (non-hydrogen) atoms. The number of H-pyrrole nitrogens is 1. The average Bonchev–Trinajstić information content (AvgIpc) is 3.23. The van der Waals surface area contributed by atoms with E-state index in [2.05, 4.69) is 30.2 Å². The molecule has 1 fully saturated rings. The van der Waals surface area contributed by atoms with Crippen LogP contribution in [0.5, 0.6) is 0 Å². The van der Waals surface area contributed by atoms with Gasteiger partial charge in [0.25, 0.3) is 11.5 Å². The van der Waals surface area contributed by atoms with Crippen molar-refractivity contribution in [2.24, 2.45) is 0 Å². The van der Waals surface area contributed by atoms with Gasteiger partial charge in [-0.15, -0.1) is 0 Å². The number of nitrogens with one attached hydrogen (secondary N) is 2. The first-order chi connectivity index (χ1) is 16.4. The second kappa shape index (κ2) is 8.86. The lowest BCUT2D eigenvalue weighted by molar-refractivity contribution is 0.0958. The molecular formula is C22H20Cl2FN7O2. The highest BCUT2D eigenvalue weighted by atomic mass is 35.5. The third-order valence-corrected chi connectivity index (χ3v) is 6.71. The molecule has 3 aromatic heterocycles. The number of aromatic nitrogens is 4. The third kappa shape index (κ3) is 3.87. The van der Waals surface area contributed by atoms with Gasteiger partial charge in [0.2, 0.25) is 0 Å². The molecular weight excluding hydrogens is 484 g/mol. The largest absolute Gasteiger partial charge is 0.366 e. The van der Waals surface area contributed by atoms with Gasteiger partial charge in [0, 0.05) is 39.8 Å². The summed E-state index contributed by atoms with van der Waals surface area (Å²) in [6.45, 7) is 3.52. The van der Waals surface area contributed by atoms with Gasteiger partial charge in [-0.25, -0.2) is 13.9 Å². The zero-order valence-corrected chi connectivity index (χ0v) is 19.6. The molecule has 4 aromatic rings. The van der Waals surface area contributed by atoms with E-state index >= 15 is 0 Å². The van der Waals surface area contributed by atoms with Crippen molar-refractivity contribution in [3.8, 4) is 0 Å². The molecule has 0 unspecified atom stereocenters. The standard InChI is InChI=1S/C22H20Cl2FN7O2/c1-26-21(33)14-3-5-16(20(24)28-14)31-8-6-30(7-9-31)11-12-2-4-15-18(17(12)23)29-22(34)19-13(25)10-27-32(15)19/h2-5,10H,6-9,11H2,1H3,(H,26,33)(H,29,34). The molecule has 12 heteroatoms. The van der Waals surface area contributed by atoms with Crippen LogP contribution in [0.15, 0.2) is 35.3 Å².